The van der Waals surface area contributed by atoms with Gasteiger partial charge in [-0.05, 0) is 24.7 Å². The summed E-state index contributed by atoms with van der Waals surface area (Å²) in [5.41, 5.74) is 0.733. The monoisotopic (exact) mass is 296 g/mol. The number of nitrogens with one attached hydrogen (secondary N) is 1. The van der Waals surface area contributed by atoms with Gasteiger partial charge in [-0.2, -0.15) is 11.8 Å². The highest BCUT2D eigenvalue weighted by Gasteiger charge is 2.32. The topological polar surface area (TPSA) is 64.4 Å². The largest absolute Gasteiger partial charge is 0.381 e. The van der Waals surface area contributed by atoms with Gasteiger partial charge in [0.2, 0.25) is 0 Å². The molecule has 0 amide bonds. The summed E-state index contributed by atoms with van der Waals surface area (Å²) in [6.07, 6.45) is 1.97. The van der Waals surface area contributed by atoms with Crippen LogP contribution < -0.4 is 5.32 Å². The van der Waals surface area contributed by atoms with Crippen molar-refractivity contribution in [2.75, 3.05) is 30.8 Å². The van der Waals surface area contributed by atoms with Crippen molar-refractivity contribution in [3.05, 3.63) is 34.4 Å². The Hall–Kier alpha value is -1.27. The SMILES string of the molecule is CCSC1(CNc2ccccc2[N+](=O)[O-])CCOCC1. The highest BCUT2D eigenvalue weighted by atomic mass is 32.2. The van der Waals surface area contributed by atoms with E-state index in [1.54, 1.807) is 12.1 Å². The molecule has 6 heteroatoms. The highest BCUT2D eigenvalue weighted by Crippen LogP contribution is 2.36. The van der Waals surface area contributed by atoms with Crippen molar-refractivity contribution in [3.8, 4) is 0 Å². The van der Waals surface area contributed by atoms with E-state index in [2.05, 4.69) is 12.2 Å². The second kappa shape index (κ2) is 6.95. The van der Waals surface area contributed by atoms with Crippen LogP contribution in [-0.4, -0.2) is 35.2 Å². The molecule has 0 radical (unpaired) electrons. The van der Waals surface area contributed by atoms with E-state index in [4.69, 9.17) is 4.74 Å². The third kappa shape index (κ3) is 3.64. The summed E-state index contributed by atoms with van der Waals surface area (Å²) >= 11 is 1.92. The molecule has 1 saturated heterocycles. The number of nitro benzene ring substituents is 1. The predicted octanol–water partition coefficient (Wildman–Crippen LogP) is 3.31. The predicted molar refractivity (Wildman–Crippen MR) is 82.5 cm³/mol. The van der Waals surface area contributed by atoms with Crippen molar-refractivity contribution < 1.29 is 9.66 Å². The Morgan fingerprint density at radius 1 is 1.40 bits per heavy atom. The average Bonchev–Trinajstić information content (AvgIpc) is 2.47. The maximum Gasteiger partial charge on any atom is 0.292 e. The molecule has 5 nitrogen and oxygen atoms in total. The van der Waals surface area contributed by atoms with Crippen LogP contribution >= 0.6 is 11.8 Å². The number of nitro groups is 1. The minimum absolute atomic E-state index is 0.122. The molecular formula is C14H20N2O3S. The second-order valence-corrected chi connectivity index (χ2v) is 6.59. The molecule has 0 saturated carbocycles. The highest BCUT2D eigenvalue weighted by molar-refractivity contribution is 8.00. The molecule has 0 bridgehead atoms. The van der Waals surface area contributed by atoms with Crippen LogP contribution in [0.15, 0.2) is 24.3 Å². The van der Waals surface area contributed by atoms with Gasteiger partial charge in [-0.25, -0.2) is 0 Å². The molecule has 1 aliphatic rings. The molecular weight excluding hydrogens is 276 g/mol. The number of rotatable bonds is 6. The maximum atomic E-state index is 11.0. The van der Waals surface area contributed by atoms with Gasteiger partial charge < -0.3 is 10.1 Å². The Morgan fingerprint density at radius 2 is 2.10 bits per heavy atom. The molecule has 20 heavy (non-hydrogen) atoms. The first kappa shape index (κ1) is 15.1. The van der Waals surface area contributed by atoms with Crippen molar-refractivity contribution in [2.45, 2.75) is 24.5 Å². The van der Waals surface area contributed by atoms with Crippen molar-refractivity contribution in [1.29, 1.82) is 0 Å². The lowest BCUT2D eigenvalue weighted by atomic mass is 9.99. The van der Waals surface area contributed by atoms with E-state index in [-0.39, 0.29) is 15.4 Å². The lowest BCUT2D eigenvalue weighted by Crippen LogP contribution is -2.39. The fourth-order valence-electron chi connectivity index (χ4n) is 2.46. The fraction of sp³-hybridized carbons (Fsp3) is 0.571. The maximum absolute atomic E-state index is 11.0. The molecule has 1 aromatic rings. The van der Waals surface area contributed by atoms with E-state index >= 15 is 0 Å². The zero-order valence-electron chi connectivity index (χ0n) is 11.6. The molecule has 0 unspecified atom stereocenters. The number of thioether (sulfide) groups is 1. The summed E-state index contributed by atoms with van der Waals surface area (Å²) in [4.78, 5) is 10.7. The molecule has 1 fully saturated rings. The number of anilines is 1. The molecule has 1 N–H and O–H groups in total. The molecule has 1 aliphatic heterocycles. The van der Waals surface area contributed by atoms with Gasteiger partial charge >= 0.3 is 0 Å². The normalized spacial score (nSPS) is 17.6. The van der Waals surface area contributed by atoms with E-state index in [0.717, 1.165) is 38.4 Å². The number of hydrogen-bond acceptors (Lipinski definition) is 5. The Bertz CT molecular complexity index is 456. The molecule has 110 valence electrons. The zero-order valence-corrected chi connectivity index (χ0v) is 12.4. The van der Waals surface area contributed by atoms with Gasteiger partial charge in [0.15, 0.2) is 0 Å². The molecule has 1 aromatic carbocycles. The van der Waals surface area contributed by atoms with Crippen LogP contribution in [-0.2, 0) is 4.74 Å². The van der Waals surface area contributed by atoms with E-state index in [1.807, 2.05) is 17.8 Å². The Balaban J connectivity index is 2.07. The van der Waals surface area contributed by atoms with Gasteiger partial charge in [0.1, 0.15) is 5.69 Å². The first-order valence-corrected chi connectivity index (χ1v) is 7.84. The third-order valence-electron chi connectivity index (χ3n) is 3.56. The van der Waals surface area contributed by atoms with E-state index in [9.17, 15) is 10.1 Å². The summed E-state index contributed by atoms with van der Waals surface area (Å²) in [5, 5.41) is 14.3. The standard InChI is InChI=1S/C14H20N2O3S/c1-2-20-14(7-9-19-10-8-14)11-15-12-5-3-4-6-13(12)16(17)18/h3-6,15H,2,7-11H2,1H3. The smallest absolute Gasteiger partial charge is 0.292 e. The number of benzene rings is 1. The zero-order chi connectivity index (χ0) is 14.4. The minimum atomic E-state index is -0.341. The van der Waals surface area contributed by atoms with E-state index in [1.165, 1.54) is 6.07 Å². The van der Waals surface area contributed by atoms with Gasteiger partial charge in [-0.15, -0.1) is 0 Å². The number of nitrogens with zero attached hydrogens (tertiary/aromatic N) is 1. The van der Waals surface area contributed by atoms with Crippen LogP contribution in [0.3, 0.4) is 0 Å². The number of ether oxygens (including phenoxy) is 1. The summed E-state index contributed by atoms with van der Waals surface area (Å²) < 4.78 is 5.56. The minimum Gasteiger partial charge on any atom is -0.381 e. The van der Waals surface area contributed by atoms with Crippen molar-refractivity contribution in [2.24, 2.45) is 0 Å². The summed E-state index contributed by atoms with van der Waals surface area (Å²) in [7, 11) is 0. The quantitative estimate of drug-likeness (QED) is 0.644. The molecule has 1 heterocycles. The summed E-state index contributed by atoms with van der Waals surface area (Å²) in [6, 6.07) is 6.81. The first-order chi connectivity index (χ1) is 9.67. The molecule has 0 aromatic heterocycles. The van der Waals surface area contributed by atoms with Gasteiger partial charge in [-0.3, -0.25) is 10.1 Å². The van der Waals surface area contributed by atoms with Crippen LogP contribution in [0.1, 0.15) is 19.8 Å². The lowest BCUT2D eigenvalue weighted by Gasteiger charge is -2.36. The Morgan fingerprint density at radius 3 is 2.75 bits per heavy atom. The van der Waals surface area contributed by atoms with Crippen LogP contribution in [0, 0.1) is 10.1 Å². The Kier molecular flexibility index (Phi) is 5.25. The first-order valence-electron chi connectivity index (χ1n) is 6.86. The number of hydrogen-bond donors (Lipinski definition) is 1. The number of para-hydroxylation sites is 2. The average molecular weight is 296 g/mol. The Labute approximate surface area is 123 Å². The van der Waals surface area contributed by atoms with Crippen molar-refractivity contribution in [3.63, 3.8) is 0 Å². The van der Waals surface area contributed by atoms with E-state index < -0.39 is 0 Å². The molecule has 0 aliphatic carbocycles. The van der Waals surface area contributed by atoms with Gasteiger partial charge in [0.05, 0.1) is 4.92 Å². The van der Waals surface area contributed by atoms with Crippen molar-refractivity contribution in [1.82, 2.24) is 0 Å². The summed E-state index contributed by atoms with van der Waals surface area (Å²) in [6.45, 7) is 4.42. The van der Waals surface area contributed by atoms with Crippen LogP contribution in [0.4, 0.5) is 11.4 Å². The fourth-order valence-corrected chi connectivity index (χ4v) is 3.70. The van der Waals surface area contributed by atoms with Crippen molar-refractivity contribution >= 4 is 23.1 Å². The van der Waals surface area contributed by atoms with Crippen LogP contribution in [0.5, 0.6) is 0 Å². The van der Waals surface area contributed by atoms with Crippen LogP contribution in [0.2, 0.25) is 0 Å². The molecule has 0 atom stereocenters. The van der Waals surface area contributed by atoms with Gasteiger partial charge in [-0.1, -0.05) is 19.1 Å². The third-order valence-corrected chi connectivity index (χ3v) is 5.01. The van der Waals surface area contributed by atoms with Gasteiger partial charge in [0.25, 0.3) is 5.69 Å². The molecule has 2 rings (SSSR count). The van der Waals surface area contributed by atoms with Gasteiger partial charge in [0, 0.05) is 30.6 Å². The summed E-state index contributed by atoms with van der Waals surface area (Å²) in [5.74, 6) is 1.04. The second-order valence-electron chi connectivity index (χ2n) is 4.86. The lowest BCUT2D eigenvalue weighted by molar-refractivity contribution is -0.384. The van der Waals surface area contributed by atoms with E-state index in [0.29, 0.717) is 5.69 Å². The van der Waals surface area contributed by atoms with Crippen LogP contribution in [0.25, 0.3) is 0 Å². The molecule has 0 spiro atoms.